The van der Waals surface area contributed by atoms with Gasteiger partial charge in [-0.3, -0.25) is 14.9 Å². The zero-order chi connectivity index (χ0) is 25.8. The summed E-state index contributed by atoms with van der Waals surface area (Å²) >= 11 is 0. The first-order chi connectivity index (χ1) is 16.2. The van der Waals surface area contributed by atoms with E-state index >= 15 is 0 Å². The average molecular weight is 492 g/mol. The van der Waals surface area contributed by atoms with Gasteiger partial charge in [0.2, 0.25) is 0 Å². The van der Waals surface area contributed by atoms with Gasteiger partial charge >= 0.3 is 6.18 Å². The molecule has 8 heteroatoms. The van der Waals surface area contributed by atoms with E-state index in [9.17, 15) is 22.8 Å². The topological polar surface area (TPSA) is 54.3 Å². The first-order valence-electron chi connectivity index (χ1n) is 12.2. The van der Waals surface area contributed by atoms with Crippen molar-refractivity contribution < 1.29 is 24.2 Å². The Hall–Kier alpha value is -2.61. The van der Waals surface area contributed by atoms with Crippen LogP contribution < -0.4 is 5.32 Å². The minimum absolute atomic E-state index is 0. The number of amides is 1. The second-order valence-electron chi connectivity index (χ2n) is 11.2. The van der Waals surface area contributed by atoms with E-state index < -0.39 is 23.0 Å². The minimum Gasteiger partial charge on any atom is -0.338 e. The Balaban J connectivity index is 0.00000361. The Morgan fingerprint density at radius 1 is 1.03 bits per heavy atom. The summed E-state index contributed by atoms with van der Waals surface area (Å²) in [6.07, 6.45) is -2.83. The lowest BCUT2D eigenvalue weighted by Gasteiger charge is -2.51. The van der Waals surface area contributed by atoms with E-state index in [4.69, 9.17) is 0 Å². The normalized spacial score (nSPS) is 19.5. The van der Waals surface area contributed by atoms with Crippen LogP contribution in [0.25, 0.3) is 0 Å². The molecule has 1 fully saturated rings. The fourth-order valence-electron chi connectivity index (χ4n) is 5.47. The van der Waals surface area contributed by atoms with E-state index in [0.717, 1.165) is 6.42 Å². The van der Waals surface area contributed by atoms with Crippen molar-refractivity contribution >= 4 is 11.7 Å². The lowest BCUT2D eigenvalue weighted by Crippen LogP contribution is -2.63. The molecule has 2 aliphatic heterocycles. The number of halogens is 3. The van der Waals surface area contributed by atoms with Gasteiger partial charge in [0.1, 0.15) is 0 Å². The highest BCUT2D eigenvalue weighted by Crippen LogP contribution is 2.41. The number of benzene rings is 1. The molecule has 0 bridgehead atoms. The predicted octanol–water partition coefficient (Wildman–Crippen LogP) is 5.68. The molecule has 1 saturated heterocycles. The molecule has 2 aliphatic rings. The lowest BCUT2D eigenvalue weighted by atomic mass is 9.79. The second-order valence-corrected chi connectivity index (χ2v) is 11.2. The van der Waals surface area contributed by atoms with Crippen LogP contribution in [-0.4, -0.2) is 46.0 Å². The summed E-state index contributed by atoms with van der Waals surface area (Å²) in [5.41, 5.74) is 1.11. The molecule has 1 aromatic heterocycles. The summed E-state index contributed by atoms with van der Waals surface area (Å²) in [4.78, 5) is 27.1. The maximum absolute atomic E-state index is 13.2. The molecule has 0 radical (unpaired) electrons. The van der Waals surface area contributed by atoms with Crippen LogP contribution in [0.2, 0.25) is 0 Å². The molecule has 0 saturated carbocycles. The number of carbonyl (C=O) groups is 2. The highest BCUT2D eigenvalue weighted by Gasteiger charge is 2.49. The molecule has 0 unspecified atom stereocenters. The van der Waals surface area contributed by atoms with Gasteiger partial charge in [0.15, 0.2) is 0 Å². The van der Waals surface area contributed by atoms with Gasteiger partial charge in [-0.05, 0) is 68.4 Å². The third-order valence-electron chi connectivity index (χ3n) is 7.79. The van der Waals surface area contributed by atoms with Crippen LogP contribution in [0.3, 0.4) is 0 Å². The Morgan fingerprint density at radius 3 is 2.17 bits per heavy atom. The standard InChI is InChI=1S/C27H34F3N3O2.H2/c1-6-24(2,3)19-9-7-18(8-10-19)23(35)32-15-13-26(14-16-32)21-12-11-20(22(34)27(28,29)30)33(21)17-25(4,5)31-26;/h7-12,31H,6,13-17H2,1-5H3;1H. The maximum atomic E-state index is 13.2. The summed E-state index contributed by atoms with van der Waals surface area (Å²) in [5, 5.41) is 3.63. The average Bonchev–Trinajstić information content (AvgIpc) is 3.21. The molecule has 3 heterocycles. The van der Waals surface area contributed by atoms with Gasteiger partial charge in [-0.15, -0.1) is 0 Å². The van der Waals surface area contributed by atoms with Crippen molar-refractivity contribution in [3.05, 3.63) is 58.9 Å². The minimum atomic E-state index is -4.92. The number of likely N-dealkylation sites (tertiary alicyclic amines) is 1. The second kappa shape index (κ2) is 8.50. The van der Waals surface area contributed by atoms with Crippen LogP contribution in [0, 0.1) is 0 Å². The SMILES string of the molecule is CCC(C)(C)c1ccc(C(=O)N2CCC3(CC2)NC(C)(C)Cn2c(C(=O)C(F)(F)F)ccc23)cc1.[HH]. The first-order valence-corrected chi connectivity index (χ1v) is 12.2. The molecule has 1 amide bonds. The number of carbonyl (C=O) groups excluding carboxylic acids is 2. The van der Waals surface area contributed by atoms with E-state index in [0.29, 0.717) is 37.2 Å². The molecule has 2 aromatic rings. The van der Waals surface area contributed by atoms with Crippen molar-refractivity contribution in [1.29, 1.82) is 0 Å². The first kappa shape index (κ1) is 25.5. The molecule has 1 N–H and O–H groups in total. The van der Waals surface area contributed by atoms with E-state index in [-0.39, 0.29) is 25.0 Å². The van der Waals surface area contributed by atoms with Crippen LogP contribution in [0.1, 0.15) is 87.4 Å². The Labute approximate surface area is 206 Å². The number of hydrogen-bond acceptors (Lipinski definition) is 3. The number of alkyl halides is 3. The van der Waals surface area contributed by atoms with Gasteiger partial charge in [-0.25, -0.2) is 0 Å². The van der Waals surface area contributed by atoms with Gasteiger partial charge in [0.25, 0.3) is 11.7 Å². The Kier molecular flexibility index (Phi) is 6.19. The van der Waals surface area contributed by atoms with E-state index in [1.165, 1.54) is 16.2 Å². The maximum Gasteiger partial charge on any atom is 0.456 e. The van der Waals surface area contributed by atoms with Crippen molar-refractivity contribution in [3.63, 3.8) is 0 Å². The summed E-state index contributed by atoms with van der Waals surface area (Å²) in [5.74, 6) is -1.86. The number of aromatic nitrogens is 1. The summed E-state index contributed by atoms with van der Waals surface area (Å²) in [6.45, 7) is 11.5. The van der Waals surface area contributed by atoms with Gasteiger partial charge < -0.3 is 9.47 Å². The highest BCUT2D eigenvalue weighted by atomic mass is 19.4. The Morgan fingerprint density at radius 2 is 1.63 bits per heavy atom. The number of fused-ring (bicyclic) bond motifs is 2. The molecule has 35 heavy (non-hydrogen) atoms. The van der Waals surface area contributed by atoms with E-state index in [2.05, 4.69) is 26.1 Å². The van der Waals surface area contributed by atoms with E-state index in [1.54, 1.807) is 6.07 Å². The fraction of sp³-hybridized carbons (Fsp3) is 0.556. The van der Waals surface area contributed by atoms with Crippen molar-refractivity contribution in [3.8, 4) is 0 Å². The molecule has 1 spiro atoms. The summed E-state index contributed by atoms with van der Waals surface area (Å²) in [6, 6.07) is 10.7. The monoisotopic (exact) mass is 491 g/mol. The molecule has 1 aromatic carbocycles. The molecule has 5 nitrogen and oxygen atoms in total. The number of hydrogen-bond donors (Lipinski definition) is 1. The fourth-order valence-corrected chi connectivity index (χ4v) is 5.47. The molecule has 192 valence electrons. The molecule has 0 aliphatic carbocycles. The zero-order valence-corrected chi connectivity index (χ0v) is 21.1. The summed E-state index contributed by atoms with van der Waals surface area (Å²) < 4.78 is 41.1. The number of ketones is 1. The van der Waals surface area contributed by atoms with Crippen LogP contribution in [0.4, 0.5) is 13.2 Å². The van der Waals surface area contributed by atoms with Gasteiger partial charge in [0.05, 0.1) is 11.2 Å². The number of rotatable bonds is 4. The van der Waals surface area contributed by atoms with Crippen LogP contribution in [0.15, 0.2) is 36.4 Å². The lowest BCUT2D eigenvalue weighted by molar-refractivity contribution is -0.0892. The predicted molar refractivity (Wildman–Crippen MR) is 131 cm³/mol. The Bertz CT molecular complexity index is 1130. The number of piperidine rings is 1. The third-order valence-corrected chi connectivity index (χ3v) is 7.79. The highest BCUT2D eigenvalue weighted by molar-refractivity contribution is 5.99. The van der Waals surface area contributed by atoms with Crippen LogP contribution in [-0.2, 0) is 17.5 Å². The van der Waals surface area contributed by atoms with E-state index in [1.807, 2.05) is 43.0 Å². The molecule has 4 rings (SSSR count). The smallest absolute Gasteiger partial charge is 0.338 e. The van der Waals surface area contributed by atoms with Crippen LogP contribution >= 0.6 is 0 Å². The summed E-state index contributed by atoms with van der Waals surface area (Å²) in [7, 11) is 0. The third kappa shape index (κ3) is 4.65. The van der Waals surface area contributed by atoms with Gasteiger partial charge in [0, 0.05) is 37.9 Å². The number of nitrogens with zero attached hydrogens (tertiary/aromatic N) is 2. The van der Waals surface area contributed by atoms with Crippen molar-refractivity contribution in [1.82, 2.24) is 14.8 Å². The van der Waals surface area contributed by atoms with Crippen molar-refractivity contribution in [2.24, 2.45) is 0 Å². The molecular weight excluding hydrogens is 455 g/mol. The van der Waals surface area contributed by atoms with Crippen molar-refractivity contribution in [2.45, 2.75) is 83.1 Å². The van der Waals surface area contributed by atoms with Gasteiger partial charge in [-0.1, -0.05) is 32.9 Å². The quantitative estimate of drug-likeness (QED) is 0.560. The number of Topliss-reactive ketones (excluding diaryl/α,β-unsaturated/α-hetero) is 1. The molecule has 0 atom stereocenters. The van der Waals surface area contributed by atoms with Gasteiger partial charge in [-0.2, -0.15) is 13.2 Å². The zero-order valence-electron chi connectivity index (χ0n) is 21.1. The van der Waals surface area contributed by atoms with Crippen LogP contribution in [0.5, 0.6) is 0 Å². The molecular formula is C27H36F3N3O2. The largest absolute Gasteiger partial charge is 0.456 e. The number of nitrogens with one attached hydrogen (secondary N) is 1. The van der Waals surface area contributed by atoms with Crippen molar-refractivity contribution in [2.75, 3.05) is 13.1 Å².